The summed E-state index contributed by atoms with van der Waals surface area (Å²) in [6.07, 6.45) is 7.13. The number of nitrogens with one attached hydrogen (secondary N) is 1. The van der Waals surface area contributed by atoms with Crippen molar-refractivity contribution in [3.8, 4) is 0 Å². The minimum Gasteiger partial charge on any atom is -0.369 e. The Kier molecular flexibility index (Phi) is 3.95. The summed E-state index contributed by atoms with van der Waals surface area (Å²) in [5, 5.41) is 17.2. The topological polar surface area (TPSA) is 68.0 Å². The molecule has 0 fully saturated rings. The first-order valence-corrected chi connectivity index (χ1v) is 9.01. The van der Waals surface area contributed by atoms with Gasteiger partial charge in [-0.1, -0.05) is 0 Å². The van der Waals surface area contributed by atoms with Crippen LogP contribution in [0.2, 0.25) is 0 Å². The first-order chi connectivity index (χ1) is 11.3. The Labute approximate surface area is 139 Å². The third-order valence-corrected chi connectivity index (χ3v) is 5.40. The van der Waals surface area contributed by atoms with Crippen molar-refractivity contribution >= 4 is 22.8 Å². The molecule has 4 rings (SSSR count). The summed E-state index contributed by atoms with van der Waals surface area (Å²) in [5.41, 5.74) is 2.14. The number of aryl methyl sites for hydroxylation is 4. The molecule has 0 saturated carbocycles. The van der Waals surface area contributed by atoms with E-state index in [0.29, 0.717) is 0 Å². The largest absolute Gasteiger partial charge is 0.369 e. The molecule has 120 valence electrons. The third-order valence-electron chi connectivity index (χ3n) is 4.18. The highest BCUT2D eigenvalue weighted by molar-refractivity contribution is 7.11. The Hall–Kier alpha value is -2.02. The average Bonchev–Trinajstić information content (AvgIpc) is 3.15. The fourth-order valence-electron chi connectivity index (χ4n) is 2.96. The minimum atomic E-state index is 0.779. The van der Waals surface area contributed by atoms with Crippen molar-refractivity contribution in [2.75, 3.05) is 11.9 Å². The molecule has 7 heteroatoms. The highest BCUT2D eigenvalue weighted by Gasteiger charge is 2.14. The predicted octanol–water partition coefficient (Wildman–Crippen LogP) is 2.81. The number of thiazole rings is 1. The third kappa shape index (κ3) is 3.06. The Morgan fingerprint density at radius 2 is 2.13 bits per heavy atom. The van der Waals surface area contributed by atoms with Crippen LogP contribution in [-0.2, 0) is 19.3 Å². The molecule has 0 radical (unpaired) electrons. The SMILES string of the molecule is Cc1nnc2ccc(NCCCc3nc4c(s3)CCCC4)nn12. The van der Waals surface area contributed by atoms with E-state index < -0.39 is 0 Å². The predicted molar refractivity (Wildman–Crippen MR) is 91.1 cm³/mol. The van der Waals surface area contributed by atoms with Gasteiger partial charge in [0.25, 0.3) is 0 Å². The van der Waals surface area contributed by atoms with E-state index >= 15 is 0 Å². The molecule has 0 aliphatic heterocycles. The van der Waals surface area contributed by atoms with Crippen LogP contribution in [-0.4, -0.2) is 31.3 Å². The van der Waals surface area contributed by atoms with Gasteiger partial charge in [0.15, 0.2) is 11.5 Å². The van der Waals surface area contributed by atoms with Crippen molar-refractivity contribution < 1.29 is 0 Å². The first-order valence-electron chi connectivity index (χ1n) is 8.20. The monoisotopic (exact) mass is 328 g/mol. The number of hydrogen-bond acceptors (Lipinski definition) is 6. The molecule has 0 amide bonds. The van der Waals surface area contributed by atoms with E-state index in [9.17, 15) is 0 Å². The molecule has 3 aromatic heterocycles. The second kappa shape index (κ2) is 6.23. The molecule has 1 aliphatic rings. The molecule has 23 heavy (non-hydrogen) atoms. The second-order valence-corrected chi connectivity index (χ2v) is 7.12. The molecular formula is C16H20N6S. The highest BCUT2D eigenvalue weighted by Crippen LogP contribution is 2.27. The van der Waals surface area contributed by atoms with Gasteiger partial charge < -0.3 is 5.32 Å². The van der Waals surface area contributed by atoms with Gasteiger partial charge in [-0.2, -0.15) is 4.52 Å². The van der Waals surface area contributed by atoms with Gasteiger partial charge in [0.1, 0.15) is 5.82 Å². The fourth-order valence-corrected chi connectivity index (χ4v) is 4.16. The average molecular weight is 328 g/mol. The zero-order valence-corrected chi connectivity index (χ0v) is 14.1. The first kappa shape index (κ1) is 14.6. The van der Waals surface area contributed by atoms with Crippen LogP contribution >= 0.6 is 11.3 Å². The summed E-state index contributed by atoms with van der Waals surface area (Å²) in [5.74, 6) is 1.66. The van der Waals surface area contributed by atoms with Crippen LogP contribution < -0.4 is 5.32 Å². The Bertz CT molecular complexity index is 798. The van der Waals surface area contributed by atoms with Crippen molar-refractivity contribution in [1.29, 1.82) is 0 Å². The van der Waals surface area contributed by atoms with Gasteiger partial charge in [0, 0.05) is 17.8 Å². The standard InChI is InChI=1S/C16H20N6S/c1-11-19-20-15-9-8-14(21-22(11)15)17-10-4-7-16-18-12-5-2-3-6-13(12)23-16/h8-9H,2-7,10H2,1H3,(H,17,21). The second-order valence-electron chi connectivity index (χ2n) is 5.95. The molecular weight excluding hydrogens is 308 g/mol. The van der Waals surface area contributed by atoms with Gasteiger partial charge in [-0.15, -0.1) is 26.6 Å². The smallest absolute Gasteiger partial charge is 0.178 e. The summed E-state index contributed by atoms with van der Waals surface area (Å²) >= 11 is 1.91. The van der Waals surface area contributed by atoms with Crippen molar-refractivity contribution in [3.63, 3.8) is 0 Å². The maximum Gasteiger partial charge on any atom is 0.178 e. The summed E-state index contributed by atoms with van der Waals surface area (Å²) in [4.78, 5) is 6.32. The number of rotatable bonds is 5. The lowest BCUT2D eigenvalue weighted by atomic mass is 10.0. The lowest BCUT2D eigenvalue weighted by molar-refractivity contribution is 0.679. The number of nitrogens with zero attached hydrogens (tertiary/aromatic N) is 5. The van der Waals surface area contributed by atoms with E-state index in [4.69, 9.17) is 4.98 Å². The van der Waals surface area contributed by atoms with Crippen molar-refractivity contribution in [2.45, 2.75) is 45.4 Å². The van der Waals surface area contributed by atoms with E-state index in [1.807, 2.05) is 30.4 Å². The molecule has 3 aromatic rings. The summed E-state index contributed by atoms with van der Waals surface area (Å²) in [7, 11) is 0. The van der Waals surface area contributed by atoms with E-state index in [2.05, 4.69) is 20.6 Å². The lowest BCUT2D eigenvalue weighted by Crippen LogP contribution is -2.07. The summed E-state index contributed by atoms with van der Waals surface area (Å²) < 4.78 is 1.76. The van der Waals surface area contributed by atoms with Gasteiger partial charge in [0.2, 0.25) is 0 Å². The molecule has 0 aromatic carbocycles. The molecule has 1 aliphatic carbocycles. The van der Waals surface area contributed by atoms with Crippen LogP contribution in [0, 0.1) is 6.92 Å². The van der Waals surface area contributed by atoms with Gasteiger partial charge >= 0.3 is 0 Å². The van der Waals surface area contributed by atoms with Crippen molar-refractivity contribution in [3.05, 3.63) is 33.5 Å². The number of hydrogen-bond donors (Lipinski definition) is 1. The van der Waals surface area contributed by atoms with Gasteiger partial charge in [-0.05, 0) is 51.2 Å². The lowest BCUT2D eigenvalue weighted by Gasteiger charge is -2.06. The molecule has 6 nitrogen and oxygen atoms in total. The molecule has 0 bridgehead atoms. The van der Waals surface area contributed by atoms with E-state index in [1.165, 1.54) is 41.3 Å². The maximum atomic E-state index is 4.80. The van der Waals surface area contributed by atoms with Crippen LogP contribution in [0.1, 0.15) is 40.7 Å². The molecule has 3 heterocycles. The maximum absolute atomic E-state index is 4.80. The van der Waals surface area contributed by atoms with Crippen LogP contribution in [0.15, 0.2) is 12.1 Å². The van der Waals surface area contributed by atoms with Crippen LogP contribution in [0.4, 0.5) is 5.82 Å². The summed E-state index contributed by atoms with van der Waals surface area (Å²) in [6.45, 7) is 2.80. The quantitative estimate of drug-likeness (QED) is 0.730. The van der Waals surface area contributed by atoms with Crippen molar-refractivity contribution in [2.24, 2.45) is 0 Å². The normalized spacial score (nSPS) is 14.1. The number of anilines is 1. The summed E-state index contributed by atoms with van der Waals surface area (Å²) in [6, 6.07) is 3.88. The van der Waals surface area contributed by atoms with E-state index in [1.54, 1.807) is 4.52 Å². The van der Waals surface area contributed by atoms with Crippen molar-refractivity contribution in [1.82, 2.24) is 24.8 Å². The Balaban J connectivity index is 1.32. The van der Waals surface area contributed by atoms with E-state index in [0.717, 1.165) is 36.7 Å². The minimum absolute atomic E-state index is 0.779. The van der Waals surface area contributed by atoms with Gasteiger partial charge in [0.05, 0.1) is 10.7 Å². The van der Waals surface area contributed by atoms with E-state index in [-0.39, 0.29) is 0 Å². The molecule has 0 atom stereocenters. The Morgan fingerprint density at radius 1 is 1.22 bits per heavy atom. The Morgan fingerprint density at radius 3 is 3.04 bits per heavy atom. The number of fused-ring (bicyclic) bond motifs is 2. The molecule has 1 N–H and O–H groups in total. The molecule has 0 saturated heterocycles. The zero-order chi connectivity index (χ0) is 15.6. The number of aromatic nitrogens is 5. The molecule has 0 unspecified atom stereocenters. The fraction of sp³-hybridized carbons (Fsp3) is 0.500. The van der Waals surface area contributed by atoms with Gasteiger partial charge in [-0.25, -0.2) is 4.98 Å². The van der Waals surface area contributed by atoms with Crippen LogP contribution in [0.5, 0.6) is 0 Å². The van der Waals surface area contributed by atoms with Crippen LogP contribution in [0.25, 0.3) is 5.65 Å². The zero-order valence-electron chi connectivity index (χ0n) is 13.2. The highest BCUT2D eigenvalue weighted by atomic mass is 32.1. The molecule has 0 spiro atoms. The van der Waals surface area contributed by atoms with Crippen LogP contribution in [0.3, 0.4) is 0 Å². The van der Waals surface area contributed by atoms with Gasteiger partial charge in [-0.3, -0.25) is 0 Å².